The van der Waals surface area contributed by atoms with Crippen LogP contribution in [0.4, 0.5) is 5.69 Å². The first-order valence-electron chi connectivity index (χ1n) is 6.71. The molecule has 2 rings (SSSR count). The average molecular weight is 407 g/mol. The lowest BCUT2D eigenvalue weighted by molar-refractivity contribution is 0.0691. The van der Waals surface area contributed by atoms with Crippen molar-refractivity contribution in [2.24, 2.45) is 5.10 Å². The Morgan fingerprint density at radius 2 is 1.79 bits per heavy atom. The van der Waals surface area contributed by atoms with Crippen LogP contribution < -0.4 is 5.43 Å². The second-order valence-corrected chi connectivity index (χ2v) is 6.14. The van der Waals surface area contributed by atoms with E-state index in [0.717, 1.165) is 5.56 Å². The van der Waals surface area contributed by atoms with Gasteiger partial charge >= 0.3 is 5.97 Å². The second-order valence-electron chi connectivity index (χ2n) is 4.59. The molecule has 0 atom stereocenters. The predicted molar refractivity (Wildman–Crippen MR) is 98.1 cm³/mol. The summed E-state index contributed by atoms with van der Waals surface area (Å²) in [4.78, 5) is 14.8. The molecule has 0 aliphatic rings. The molecule has 0 aliphatic heterocycles. The van der Waals surface area contributed by atoms with Crippen molar-refractivity contribution in [1.29, 1.82) is 0 Å². The number of hydrogen-bond donors (Lipinski definition) is 2. The van der Waals surface area contributed by atoms with Gasteiger partial charge in [0, 0.05) is 5.02 Å². The fraction of sp³-hybridized carbons (Fsp3) is 0.133. The van der Waals surface area contributed by atoms with Crippen molar-refractivity contribution in [3.8, 4) is 0 Å². The molecule has 0 fully saturated rings. The Balaban J connectivity index is 2.42. The molecule has 0 amide bonds. The molecule has 1 aromatic heterocycles. The first-order chi connectivity index (χ1) is 11.3. The minimum atomic E-state index is -1.32. The van der Waals surface area contributed by atoms with Crippen molar-refractivity contribution in [2.75, 3.05) is 5.43 Å². The molecule has 24 heavy (non-hydrogen) atoms. The van der Waals surface area contributed by atoms with Crippen LogP contribution in [0.15, 0.2) is 29.4 Å². The smallest absolute Gasteiger partial charge is 0.356 e. The van der Waals surface area contributed by atoms with Crippen molar-refractivity contribution in [3.05, 3.63) is 55.7 Å². The van der Waals surface area contributed by atoms with Gasteiger partial charge in [0.25, 0.3) is 0 Å². The van der Waals surface area contributed by atoms with Gasteiger partial charge in [-0.25, -0.2) is 9.78 Å². The fourth-order valence-corrected chi connectivity index (χ4v) is 2.66. The number of anilines is 1. The Bertz CT molecular complexity index is 807. The Hall–Kier alpha value is -1.53. The Kier molecular flexibility index (Phi) is 6.29. The highest BCUT2D eigenvalue weighted by Gasteiger charge is 2.20. The number of carbonyl (C=O) groups is 1. The molecule has 5 nitrogen and oxygen atoms in total. The quantitative estimate of drug-likeness (QED) is 0.383. The predicted octanol–water partition coefficient (Wildman–Crippen LogP) is 5.62. The summed E-state index contributed by atoms with van der Waals surface area (Å²) in [5, 5.41) is 13.6. The topological polar surface area (TPSA) is 74.6 Å². The molecule has 1 heterocycles. The van der Waals surface area contributed by atoms with Crippen LogP contribution in [-0.2, 0) is 0 Å². The molecule has 0 saturated carbocycles. The van der Waals surface area contributed by atoms with Crippen LogP contribution in [0.3, 0.4) is 0 Å². The van der Waals surface area contributed by atoms with E-state index in [0.29, 0.717) is 17.2 Å². The lowest BCUT2D eigenvalue weighted by Crippen LogP contribution is -2.07. The van der Waals surface area contributed by atoms with Gasteiger partial charge in [0.15, 0.2) is 10.8 Å². The van der Waals surface area contributed by atoms with E-state index in [4.69, 9.17) is 51.5 Å². The van der Waals surface area contributed by atoms with Crippen molar-refractivity contribution in [2.45, 2.75) is 13.3 Å². The number of rotatable bonds is 5. The van der Waals surface area contributed by atoms with Gasteiger partial charge in [-0.2, -0.15) is 5.10 Å². The minimum Gasteiger partial charge on any atom is -0.476 e. The first kappa shape index (κ1) is 18.8. The zero-order chi connectivity index (χ0) is 17.9. The monoisotopic (exact) mass is 405 g/mol. The van der Waals surface area contributed by atoms with Crippen molar-refractivity contribution in [1.82, 2.24) is 4.98 Å². The molecule has 2 aromatic rings. The third-order valence-corrected chi connectivity index (χ3v) is 4.41. The van der Waals surface area contributed by atoms with Gasteiger partial charge in [-0.15, -0.1) is 0 Å². The SMILES string of the molecule is CC/C(=N\Nc1c(Cl)c(Cl)nc(C(=O)O)c1Cl)c1ccc(Cl)cc1. The molecule has 126 valence electrons. The van der Waals surface area contributed by atoms with Crippen molar-refractivity contribution >= 4 is 63.8 Å². The third kappa shape index (κ3) is 4.11. The Morgan fingerprint density at radius 3 is 2.33 bits per heavy atom. The van der Waals surface area contributed by atoms with E-state index in [1.54, 1.807) is 12.1 Å². The molecule has 0 bridgehead atoms. The van der Waals surface area contributed by atoms with Crippen LogP contribution in [0.2, 0.25) is 20.2 Å². The fourth-order valence-electron chi connectivity index (χ4n) is 1.87. The number of carboxylic acids is 1. The van der Waals surface area contributed by atoms with E-state index in [1.807, 2.05) is 19.1 Å². The number of nitrogens with one attached hydrogen (secondary N) is 1. The lowest BCUT2D eigenvalue weighted by atomic mass is 10.1. The normalized spacial score (nSPS) is 11.5. The van der Waals surface area contributed by atoms with Crippen LogP contribution in [0.1, 0.15) is 29.4 Å². The number of nitrogens with zero attached hydrogens (tertiary/aromatic N) is 2. The molecule has 0 spiro atoms. The summed E-state index contributed by atoms with van der Waals surface area (Å²) in [6, 6.07) is 7.12. The van der Waals surface area contributed by atoms with Crippen molar-refractivity contribution in [3.63, 3.8) is 0 Å². The number of aromatic nitrogens is 1. The molecule has 0 saturated heterocycles. The molecule has 0 radical (unpaired) electrons. The number of benzene rings is 1. The molecule has 9 heteroatoms. The summed E-state index contributed by atoms with van der Waals surface area (Å²) in [6.45, 7) is 1.92. The number of halogens is 4. The molecular weight excluding hydrogens is 396 g/mol. The largest absolute Gasteiger partial charge is 0.476 e. The molecule has 2 N–H and O–H groups in total. The zero-order valence-corrected chi connectivity index (χ0v) is 15.3. The summed E-state index contributed by atoms with van der Waals surface area (Å²) < 4.78 is 0. The number of aromatic carboxylic acids is 1. The summed E-state index contributed by atoms with van der Waals surface area (Å²) in [5.41, 5.74) is 3.90. The van der Waals surface area contributed by atoms with Crippen LogP contribution in [0.5, 0.6) is 0 Å². The maximum absolute atomic E-state index is 11.2. The number of pyridine rings is 1. The summed E-state index contributed by atoms with van der Waals surface area (Å²) in [6.07, 6.45) is 0.606. The first-order valence-corrected chi connectivity index (χ1v) is 8.22. The third-order valence-electron chi connectivity index (χ3n) is 3.06. The maximum Gasteiger partial charge on any atom is 0.356 e. The maximum atomic E-state index is 11.2. The summed E-state index contributed by atoms with van der Waals surface area (Å²) in [7, 11) is 0. The van der Waals surface area contributed by atoms with E-state index in [9.17, 15) is 4.79 Å². The number of hydrazone groups is 1. The molecular formula is C15H11Cl4N3O2. The highest BCUT2D eigenvalue weighted by Crippen LogP contribution is 2.37. The number of hydrogen-bond acceptors (Lipinski definition) is 4. The van der Waals surface area contributed by atoms with Gasteiger partial charge in [-0.1, -0.05) is 65.5 Å². The van der Waals surface area contributed by atoms with Crippen LogP contribution in [-0.4, -0.2) is 21.8 Å². The molecule has 0 aliphatic carbocycles. The summed E-state index contributed by atoms with van der Waals surface area (Å²) in [5.74, 6) is -1.32. The lowest BCUT2D eigenvalue weighted by Gasteiger charge is -2.11. The van der Waals surface area contributed by atoms with Gasteiger partial charge in [0.1, 0.15) is 10.0 Å². The van der Waals surface area contributed by atoms with E-state index in [-0.39, 0.29) is 20.9 Å². The van der Waals surface area contributed by atoms with Gasteiger partial charge in [-0.05, 0) is 24.1 Å². The Labute approximate surface area is 158 Å². The van der Waals surface area contributed by atoms with E-state index in [2.05, 4.69) is 15.5 Å². The van der Waals surface area contributed by atoms with Gasteiger partial charge in [0.05, 0.1) is 11.4 Å². The number of carboxylic acid groups (broad SMARTS) is 1. The second kappa shape index (κ2) is 8.03. The van der Waals surface area contributed by atoms with Gasteiger partial charge in [0.2, 0.25) is 0 Å². The summed E-state index contributed by atoms with van der Waals surface area (Å²) >= 11 is 23.8. The van der Waals surface area contributed by atoms with E-state index < -0.39 is 11.7 Å². The van der Waals surface area contributed by atoms with Crippen LogP contribution in [0.25, 0.3) is 0 Å². The molecule has 0 unspecified atom stereocenters. The zero-order valence-electron chi connectivity index (χ0n) is 12.3. The molecule has 1 aromatic carbocycles. The van der Waals surface area contributed by atoms with Gasteiger partial charge < -0.3 is 5.11 Å². The van der Waals surface area contributed by atoms with Gasteiger partial charge in [-0.3, -0.25) is 5.43 Å². The van der Waals surface area contributed by atoms with E-state index >= 15 is 0 Å². The van der Waals surface area contributed by atoms with Crippen molar-refractivity contribution < 1.29 is 9.90 Å². The standard InChI is InChI=1S/C15H11Cl4N3O2/c1-2-9(7-3-5-8(16)6-4-7)21-22-12-10(17)13(15(23)24)20-14(19)11(12)18/h3-6H,2H2,1H3,(H,20,22)(H,23,24)/b21-9+. The highest BCUT2D eigenvalue weighted by atomic mass is 35.5. The van der Waals surface area contributed by atoms with E-state index in [1.165, 1.54) is 0 Å². The highest BCUT2D eigenvalue weighted by molar-refractivity contribution is 6.46. The van der Waals surface area contributed by atoms with Crippen LogP contribution >= 0.6 is 46.4 Å². The Morgan fingerprint density at radius 1 is 1.17 bits per heavy atom. The average Bonchev–Trinajstić information content (AvgIpc) is 2.55. The van der Waals surface area contributed by atoms with Crippen LogP contribution in [0, 0.1) is 0 Å². The minimum absolute atomic E-state index is 0.0121.